The number of carbonyl (C=O) groups excluding carboxylic acids is 1. The molecule has 0 atom stereocenters. The Kier molecular flexibility index (Phi) is 7.02. The van der Waals surface area contributed by atoms with E-state index in [4.69, 9.17) is 9.47 Å². The summed E-state index contributed by atoms with van der Waals surface area (Å²) >= 11 is 0. The van der Waals surface area contributed by atoms with Crippen molar-refractivity contribution in [2.75, 3.05) is 47.5 Å². The van der Waals surface area contributed by atoms with Crippen molar-refractivity contribution in [3.8, 4) is 5.75 Å². The quantitative estimate of drug-likeness (QED) is 0.540. The highest BCUT2D eigenvalue weighted by Crippen LogP contribution is 2.29. The number of hydrogen-bond donors (Lipinski definition) is 0. The van der Waals surface area contributed by atoms with E-state index >= 15 is 0 Å². The molecular formula is C24H31N5O3. The van der Waals surface area contributed by atoms with Crippen molar-refractivity contribution in [3.05, 3.63) is 59.8 Å². The largest absolute Gasteiger partial charge is 0.497 e. The monoisotopic (exact) mass is 437 g/mol. The van der Waals surface area contributed by atoms with Gasteiger partial charge >= 0.3 is 0 Å². The zero-order chi connectivity index (χ0) is 22.5. The fourth-order valence-corrected chi connectivity index (χ4v) is 4.29. The summed E-state index contributed by atoms with van der Waals surface area (Å²) in [6.45, 7) is 4.00. The van der Waals surface area contributed by atoms with Gasteiger partial charge in [-0.15, -0.1) is 0 Å². The topological polar surface area (TPSA) is 72.2 Å². The van der Waals surface area contributed by atoms with Crippen LogP contribution in [0.4, 0.5) is 0 Å². The van der Waals surface area contributed by atoms with Gasteiger partial charge in [0.15, 0.2) is 11.3 Å². The van der Waals surface area contributed by atoms with Crippen LogP contribution in [0.3, 0.4) is 0 Å². The number of nitrogens with zero attached hydrogens (tertiary/aromatic N) is 5. The van der Waals surface area contributed by atoms with Crippen LogP contribution in [0.15, 0.2) is 42.9 Å². The maximum absolute atomic E-state index is 12.8. The maximum Gasteiger partial charge on any atom is 0.276 e. The Balaban J connectivity index is 1.43. The van der Waals surface area contributed by atoms with Crippen molar-refractivity contribution >= 4 is 11.6 Å². The number of piperidine rings is 1. The van der Waals surface area contributed by atoms with E-state index in [1.807, 2.05) is 16.5 Å². The highest BCUT2D eigenvalue weighted by molar-refractivity contribution is 5.97. The summed E-state index contributed by atoms with van der Waals surface area (Å²) in [5, 5.41) is 0. The van der Waals surface area contributed by atoms with Gasteiger partial charge in [-0.1, -0.05) is 12.1 Å². The molecule has 1 saturated heterocycles. The van der Waals surface area contributed by atoms with Gasteiger partial charge in [-0.05, 0) is 49.7 Å². The van der Waals surface area contributed by atoms with E-state index in [-0.39, 0.29) is 5.91 Å². The third kappa shape index (κ3) is 4.76. The summed E-state index contributed by atoms with van der Waals surface area (Å²) in [6.07, 6.45) is 5.65. The fourth-order valence-electron chi connectivity index (χ4n) is 4.29. The molecule has 1 aliphatic heterocycles. The molecule has 3 heterocycles. The molecule has 0 saturated carbocycles. The highest BCUT2D eigenvalue weighted by atomic mass is 16.5. The molecule has 8 nitrogen and oxygen atoms in total. The average molecular weight is 438 g/mol. The van der Waals surface area contributed by atoms with Gasteiger partial charge in [0, 0.05) is 45.1 Å². The number of methoxy groups -OCH3 is 2. The maximum atomic E-state index is 12.8. The number of carbonyl (C=O) groups is 1. The van der Waals surface area contributed by atoms with Crippen molar-refractivity contribution < 1.29 is 14.3 Å². The van der Waals surface area contributed by atoms with Gasteiger partial charge in [-0.2, -0.15) is 0 Å². The molecule has 1 amide bonds. The number of likely N-dealkylation sites (tertiary alicyclic amines) is 1. The molecule has 0 aliphatic carbocycles. The fraction of sp³-hybridized carbons (Fsp3) is 0.458. The second-order valence-corrected chi connectivity index (χ2v) is 8.27. The summed E-state index contributed by atoms with van der Waals surface area (Å²) in [7, 11) is 5.07. The second-order valence-electron chi connectivity index (χ2n) is 8.27. The van der Waals surface area contributed by atoms with Crippen LogP contribution >= 0.6 is 0 Å². The lowest BCUT2D eigenvalue weighted by molar-refractivity contribution is 0.0741. The van der Waals surface area contributed by atoms with E-state index in [2.05, 4.69) is 33.1 Å². The minimum atomic E-state index is -0.136. The summed E-state index contributed by atoms with van der Waals surface area (Å²) in [6, 6.07) is 10.3. The number of imidazole rings is 1. The molecule has 4 rings (SSSR count). The zero-order valence-electron chi connectivity index (χ0n) is 19.0. The normalized spacial score (nSPS) is 15.2. The van der Waals surface area contributed by atoms with Crippen molar-refractivity contribution in [1.29, 1.82) is 0 Å². The smallest absolute Gasteiger partial charge is 0.276 e. The first-order chi connectivity index (χ1) is 15.6. The number of amides is 1. The van der Waals surface area contributed by atoms with Crippen LogP contribution in [0.5, 0.6) is 5.75 Å². The van der Waals surface area contributed by atoms with Crippen LogP contribution in [0.2, 0.25) is 0 Å². The first kappa shape index (κ1) is 22.2. The molecule has 32 heavy (non-hydrogen) atoms. The van der Waals surface area contributed by atoms with Gasteiger partial charge < -0.3 is 14.4 Å². The summed E-state index contributed by atoms with van der Waals surface area (Å²) < 4.78 is 12.3. The molecule has 0 N–H and O–H groups in total. The van der Waals surface area contributed by atoms with E-state index in [0.717, 1.165) is 38.2 Å². The molecule has 1 aliphatic rings. The van der Waals surface area contributed by atoms with Crippen molar-refractivity contribution in [2.45, 2.75) is 25.3 Å². The molecule has 0 unspecified atom stereocenters. The van der Waals surface area contributed by atoms with Crippen LogP contribution in [0.25, 0.3) is 5.65 Å². The second kappa shape index (κ2) is 10.1. The number of ether oxygens (including phenoxy) is 2. The molecule has 3 aromatic rings. The Morgan fingerprint density at radius 1 is 1.12 bits per heavy atom. The van der Waals surface area contributed by atoms with E-state index in [0.29, 0.717) is 30.4 Å². The molecule has 8 heteroatoms. The van der Waals surface area contributed by atoms with Crippen molar-refractivity contribution in [1.82, 2.24) is 24.2 Å². The number of aromatic nitrogens is 3. The van der Waals surface area contributed by atoms with Crippen molar-refractivity contribution in [3.63, 3.8) is 0 Å². The third-order valence-corrected chi connectivity index (χ3v) is 6.21. The number of likely N-dealkylation sites (N-methyl/N-ethyl adjacent to an activating group) is 1. The molecule has 170 valence electrons. The lowest BCUT2D eigenvalue weighted by atomic mass is 9.93. The first-order valence-electron chi connectivity index (χ1n) is 11.0. The Labute approximate surface area is 188 Å². The lowest BCUT2D eigenvalue weighted by Gasteiger charge is -2.32. The number of rotatable bonds is 8. The third-order valence-electron chi connectivity index (χ3n) is 6.21. The van der Waals surface area contributed by atoms with Crippen LogP contribution < -0.4 is 4.74 Å². The molecule has 1 fully saturated rings. The zero-order valence-corrected chi connectivity index (χ0v) is 19.0. The Hall–Kier alpha value is -2.97. The summed E-state index contributed by atoms with van der Waals surface area (Å²) in [5.41, 5.74) is 3.48. The first-order valence-corrected chi connectivity index (χ1v) is 11.0. The van der Waals surface area contributed by atoms with Crippen molar-refractivity contribution in [2.24, 2.45) is 0 Å². The van der Waals surface area contributed by atoms with Crippen LogP contribution in [-0.4, -0.2) is 77.6 Å². The summed E-state index contributed by atoms with van der Waals surface area (Å²) in [4.78, 5) is 25.8. The van der Waals surface area contributed by atoms with Gasteiger partial charge in [0.25, 0.3) is 5.91 Å². The number of hydrogen-bond acceptors (Lipinski definition) is 6. The predicted molar refractivity (Wildman–Crippen MR) is 122 cm³/mol. The molecule has 0 spiro atoms. The van der Waals surface area contributed by atoms with E-state index in [1.54, 1.807) is 38.7 Å². The lowest BCUT2D eigenvalue weighted by Crippen LogP contribution is -2.33. The van der Waals surface area contributed by atoms with Gasteiger partial charge in [0.05, 0.1) is 13.7 Å². The predicted octanol–water partition coefficient (Wildman–Crippen LogP) is 2.84. The molecule has 2 aromatic heterocycles. The highest BCUT2D eigenvalue weighted by Gasteiger charge is 2.25. The van der Waals surface area contributed by atoms with Gasteiger partial charge in [0.1, 0.15) is 12.1 Å². The molecule has 1 aromatic carbocycles. The van der Waals surface area contributed by atoms with E-state index in [9.17, 15) is 4.79 Å². The Morgan fingerprint density at radius 3 is 2.56 bits per heavy atom. The van der Waals surface area contributed by atoms with Gasteiger partial charge in [-0.3, -0.25) is 14.1 Å². The van der Waals surface area contributed by atoms with Gasteiger partial charge in [0.2, 0.25) is 0 Å². The van der Waals surface area contributed by atoms with Crippen LogP contribution in [-0.2, 0) is 11.3 Å². The SMILES string of the molecule is COCCN(C)C(=O)c1ncn2c(C3CCN(Cc4ccc(OC)cc4)CC3)ccnc12. The number of benzene rings is 1. The standard InChI is InChI=1S/C24H31N5O3/c1-27(14-15-31-2)24(30)22-23-25-11-8-21(29(23)17-26-22)19-9-12-28(13-10-19)16-18-4-6-20(32-3)7-5-18/h4-8,11,17,19H,9-10,12-16H2,1-3H3. The minimum Gasteiger partial charge on any atom is -0.497 e. The Morgan fingerprint density at radius 2 is 1.88 bits per heavy atom. The van der Waals surface area contributed by atoms with E-state index in [1.165, 1.54) is 11.3 Å². The average Bonchev–Trinajstić information content (AvgIpc) is 3.27. The Bertz CT molecular complexity index is 1040. The van der Waals surface area contributed by atoms with Gasteiger partial charge in [-0.25, -0.2) is 9.97 Å². The summed E-state index contributed by atoms with van der Waals surface area (Å²) in [5.74, 6) is 1.16. The molecule has 0 radical (unpaired) electrons. The number of fused-ring (bicyclic) bond motifs is 1. The molecular weight excluding hydrogens is 406 g/mol. The minimum absolute atomic E-state index is 0.136. The van der Waals surface area contributed by atoms with E-state index < -0.39 is 0 Å². The van der Waals surface area contributed by atoms with Crippen LogP contribution in [0.1, 0.15) is 40.5 Å². The van der Waals surface area contributed by atoms with Crippen LogP contribution in [0, 0.1) is 0 Å². The molecule has 0 bridgehead atoms.